The Morgan fingerprint density at radius 3 is 2.78 bits per heavy atom. The molecule has 0 N–H and O–H groups in total. The van der Waals surface area contributed by atoms with Gasteiger partial charge in [0.25, 0.3) is 0 Å². The zero-order chi connectivity index (χ0) is 16.4. The first-order valence-electron chi connectivity index (χ1n) is 8.54. The van der Waals surface area contributed by atoms with Crippen molar-refractivity contribution < 1.29 is 9.32 Å². The third kappa shape index (κ3) is 3.90. The SMILES string of the molecule is CC(=O)N1CCCN([C@@H]2CN(Cc3noc(C)n3)C[C@@H]2C)CC1. The summed E-state index contributed by atoms with van der Waals surface area (Å²) in [5.41, 5.74) is 0. The first-order valence-corrected chi connectivity index (χ1v) is 8.54. The second-order valence-electron chi connectivity index (χ2n) is 6.86. The Hall–Kier alpha value is -1.47. The Bertz CT molecular complexity index is 546. The summed E-state index contributed by atoms with van der Waals surface area (Å²) in [6, 6.07) is 0.551. The molecule has 0 unspecified atom stereocenters. The number of aromatic nitrogens is 2. The van der Waals surface area contributed by atoms with Crippen molar-refractivity contribution in [2.75, 3.05) is 39.3 Å². The molecule has 2 atom stereocenters. The molecule has 0 aliphatic carbocycles. The summed E-state index contributed by atoms with van der Waals surface area (Å²) in [7, 11) is 0. The fourth-order valence-corrected chi connectivity index (χ4v) is 3.84. The normalized spacial score (nSPS) is 27.3. The van der Waals surface area contributed by atoms with Crippen molar-refractivity contribution in [1.82, 2.24) is 24.8 Å². The Morgan fingerprint density at radius 1 is 1.26 bits per heavy atom. The minimum atomic E-state index is 0.195. The summed E-state index contributed by atoms with van der Waals surface area (Å²) in [5.74, 6) is 2.21. The van der Waals surface area contributed by atoms with Crippen LogP contribution >= 0.6 is 0 Å². The average molecular weight is 321 g/mol. The first-order chi connectivity index (χ1) is 11.0. The quantitative estimate of drug-likeness (QED) is 0.819. The molecule has 0 saturated carbocycles. The Balaban J connectivity index is 1.57. The highest BCUT2D eigenvalue weighted by Crippen LogP contribution is 2.24. The molecule has 1 amide bonds. The molecule has 1 aromatic rings. The van der Waals surface area contributed by atoms with Gasteiger partial charge in [-0.15, -0.1) is 0 Å². The second kappa shape index (κ2) is 6.97. The van der Waals surface area contributed by atoms with Gasteiger partial charge in [0.05, 0.1) is 6.54 Å². The van der Waals surface area contributed by atoms with Gasteiger partial charge in [0.15, 0.2) is 5.82 Å². The lowest BCUT2D eigenvalue weighted by Crippen LogP contribution is -2.43. The molecule has 0 radical (unpaired) electrons. The summed E-state index contributed by atoms with van der Waals surface area (Å²) in [5, 5.41) is 4.00. The monoisotopic (exact) mass is 321 g/mol. The minimum absolute atomic E-state index is 0.195. The molecule has 0 bridgehead atoms. The molecule has 3 heterocycles. The summed E-state index contributed by atoms with van der Waals surface area (Å²) < 4.78 is 5.06. The van der Waals surface area contributed by atoms with Crippen LogP contribution in [0.4, 0.5) is 0 Å². The van der Waals surface area contributed by atoms with Crippen LogP contribution in [0, 0.1) is 12.8 Å². The van der Waals surface area contributed by atoms with E-state index in [2.05, 4.69) is 26.9 Å². The number of likely N-dealkylation sites (tertiary alicyclic amines) is 1. The molecule has 7 nitrogen and oxygen atoms in total. The van der Waals surface area contributed by atoms with Gasteiger partial charge >= 0.3 is 0 Å². The van der Waals surface area contributed by atoms with E-state index in [-0.39, 0.29) is 5.91 Å². The van der Waals surface area contributed by atoms with E-state index in [1.165, 1.54) is 0 Å². The third-order valence-corrected chi connectivity index (χ3v) is 5.03. The van der Waals surface area contributed by atoms with Gasteiger partial charge in [-0.25, -0.2) is 0 Å². The van der Waals surface area contributed by atoms with E-state index in [0.29, 0.717) is 17.9 Å². The van der Waals surface area contributed by atoms with E-state index >= 15 is 0 Å². The molecule has 128 valence electrons. The number of hydrogen-bond acceptors (Lipinski definition) is 6. The fraction of sp³-hybridized carbons (Fsp3) is 0.812. The topological polar surface area (TPSA) is 65.7 Å². The molecule has 3 rings (SSSR count). The molecule has 0 aromatic carbocycles. The predicted octanol–water partition coefficient (Wildman–Crippen LogP) is 0.753. The van der Waals surface area contributed by atoms with Crippen molar-refractivity contribution in [3.05, 3.63) is 11.7 Å². The zero-order valence-corrected chi connectivity index (χ0v) is 14.4. The van der Waals surface area contributed by atoms with Crippen LogP contribution in [0.5, 0.6) is 0 Å². The number of carbonyl (C=O) groups excluding carboxylic acids is 1. The molecule has 2 fully saturated rings. The largest absolute Gasteiger partial charge is 0.342 e. The molecule has 2 aliphatic rings. The maximum Gasteiger partial charge on any atom is 0.223 e. The van der Waals surface area contributed by atoms with E-state index < -0.39 is 0 Å². The molecular formula is C16H27N5O2. The number of nitrogens with zero attached hydrogens (tertiary/aromatic N) is 5. The minimum Gasteiger partial charge on any atom is -0.342 e. The zero-order valence-electron chi connectivity index (χ0n) is 14.4. The van der Waals surface area contributed by atoms with Gasteiger partial charge in [0, 0.05) is 59.2 Å². The lowest BCUT2D eigenvalue weighted by Gasteiger charge is -2.30. The first kappa shape index (κ1) is 16.4. The lowest BCUT2D eigenvalue weighted by atomic mass is 10.0. The fourth-order valence-electron chi connectivity index (χ4n) is 3.84. The molecule has 2 saturated heterocycles. The number of aryl methyl sites for hydroxylation is 1. The molecule has 2 aliphatic heterocycles. The van der Waals surface area contributed by atoms with Gasteiger partial charge in [0.1, 0.15) is 0 Å². The second-order valence-corrected chi connectivity index (χ2v) is 6.86. The molecule has 7 heteroatoms. The van der Waals surface area contributed by atoms with Gasteiger partial charge in [0.2, 0.25) is 11.8 Å². The van der Waals surface area contributed by atoms with Gasteiger partial charge in [-0.2, -0.15) is 4.98 Å². The Labute approximate surface area is 137 Å². The van der Waals surface area contributed by atoms with Crippen LogP contribution in [0.3, 0.4) is 0 Å². The maximum atomic E-state index is 11.6. The summed E-state index contributed by atoms with van der Waals surface area (Å²) in [6.07, 6.45) is 1.06. The van der Waals surface area contributed by atoms with E-state index in [1.807, 2.05) is 11.8 Å². The van der Waals surface area contributed by atoms with Crippen LogP contribution in [0.25, 0.3) is 0 Å². The van der Waals surface area contributed by atoms with Gasteiger partial charge < -0.3 is 9.42 Å². The van der Waals surface area contributed by atoms with Crippen molar-refractivity contribution in [2.24, 2.45) is 5.92 Å². The van der Waals surface area contributed by atoms with E-state index in [4.69, 9.17) is 4.52 Å². The summed E-state index contributed by atoms with van der Waals surface area (Å²) in [4.78, 5) is 22.8. The van der Waals surface area contributed by atoms with Gasteiger partial charge in [-0.1, -0.05) is 12.1 Å². The van der Waals surface area contributed by atoms with Crippen molar-refractivity contribution in [1.29, 1.82) is 0 Å². The highest BCUT2D eigenvalue weighted by molar-refractivity contribution is 5.73. The van der Waals surface area contributed by atoms with Crippen LogP contribution < -0.4 is 0 Å². The van der Waals surface area contributed by atoms with E-state index in [1.54, 1.807) is 6.92 Å². The van der Waals surface area contributed by atoms with Crippen molar-refractivity contribution in [3.63, 3.8) is 0 Å². The standard InChI is InChI=1S/C16H27N5O2/c1-12-9-19(11-16-17-13(2)23-18-16)10-15(12)21-6-4-5-20(7-8-21)14(3)22/h12,15H,4-11H2,1-3H3/t12-,15+/m0/s1. The predicted molar refractivity (Wildman–Crippen MR) is 85.7 cm³/mol. The van der Waals surface area contributed by atoms with Crippen LogP contribution in [0.2, 0.25) is 0 Å². The highest BCUT2D eigenvalue weighted by atomic mass is 16.5. The smallest absolute Gasteiger partial charge is 0.223 e. The van der Waals surface area contributed by atoms with E-state index in [9.17, 15) is 4.79 Å². The number of rotatable bonds is 3. The van der Waals surface area contributed by atoms with Gasteiger partial charge in [-0.3, -0.25) is 14.6 Å². The molecule has 23 heavy (non-hydrogen) atoms. The Kier molecular flexibility index (Phi) is 4.96. The van der Waals surface area contributed by atoms with E-state index in [0.717, 1.165) is 58.1 Å². The van der Waals surface area contributed by atoms with Crippen LogP contribution in [0.1, 0.15) is 32.0 Å². The van der Waals surface area contributed by atoms with Gasteiger partial charge in [-0.05, 0) is 12.3 Å². The third-order valence-electron chi connectivity index (χ3n) is 5.03. The number of carbonyl (C=O) groups is 1. The molecule has 1 aromatic heterocycles. The highest BCUT2D eigenvalue weighted by Gasteiger charge is 2.35. The van der Waals surface area contributed by atoms with Crippen LogP contribution in [0.15, 0.2) is 4.52 Å². The average Bonchev–Trinajstić information content (AvgIpc) is 2.96. The molecule has 0 spiro atoms. The Morgan fingerprint density at radius 2 is 2.09 bits per heavy atom. The summed E-state index contributed by atoms with van der Waals surface area (Å²) in [6.45, 7) is 12.5. The molecular weight excluding hydrogens is 294 g/mol. The lowest BCUT2D eigenvalue weighted by molar-refractivity contribution is -0.128. The van der Waals surface area contributed by atoms with Crippen LogP contribution in [-0.4, -0.2) is 76.1 Å². The van der Waals surface area contributed by atoms with Crippen molar-refractivity contribution >= 4 is 5.91 Å². The van der Waals surface area contributed by atoms with Crippen LogP contribution in [-0.2, 0) is 11.3 Å². The van der Waals surface area contributed by atoms with Crippen molar-refractivity contribution in [3.8, 4) is 0 Å². The number of amides is 1. The number of hydrogen-bond donors (Lipinski definition) is 0. The van der Waals surface area contributed by atoms with Crippen molar-refractivity contribution in [2.45, 2.75) is 39.8 Å². The summed E-state index contributed by atoms with van der Waals surface area (Å²) >= 11 is 0. The maximum absolute atomic E-state index is 11.6.